The normalized spacial score (nSPS) is 11.4. The molecule has 0 aliphatic rings. The number of para-hydroxylation sites is 1. The first kappa shape index (κ1) is 15.4. The first-order valence-corrected chi connectivity index (χ1v) is 9.35. The lowest BCUT2D eigenvalue weighted by Gasteiger charge is -2.09. The van der Waals surface area contributed by atoms with E-state index in [0.29, 0.717) is 0 Å². The number of rotatable bonds is 3. The minimum atomic E-state index is 0.810. The summed E-state index contributed by atoms with van der Waals surface area (Å²) in [6.07, 6.45) is 0. The van der Waals surface area contributed by atoms with Crippen LogP contribution in [0.4, 0.5) is 0 Å². The Morgan fingerprint density at radius 2 is 1.69 bits per heavy atom. The lowest BCUT2D eigenvalue weighted by Crippen LogP contribution is -2.02. The number of aromatic amines is 1. The van der Waals surface area contributed by atoms with Crippen molar-refractivity contribution >= 4 is 37.9 Å². The molecule has 0 unspecified atom stereocenters. The number of benzene rings is 3. The second kappa shape index (κ2) is 6.15. The molecule has 0 aliphatic heterocycles. The highest BCUT2D eigenvalue weighted by Crippen LogP contribution is 2.29. The third kappa shape index (κ3) is 2.63. The van der Waals surface area contributed by atoms with Gasteiger partial charge in [-0.3, -0.25) is 0 Å². The van der Waals surface area contributed by atoms with Crippen molar-refractivity contribution in [3.05, 3.63) is 88.9 Å². The van der Waals surface area contributed by atoms with Gasteiger partial charge >= 0.3 is 0 Å². The van der Waals surface area contributed by atoms with Crippen molar-refractivity contribution in [1.82, 2.24) is 14.5 Å². The van der Waals surface area contributed by atoms with E-state index in [1.165, 1.54) is 16.5 Å². The van der Waals surface area contributed by atoms with E-state index in [1.54, 1.807) is 0 Å². The Kier molecular flexibility index (Phi) is 3.64. The van der Waals surface area contributed by atoms with E-state index in [-0.39, 0.29) is 0 Å². The fourth-order valence-electron chi connectivity index (χ4n) is 3.45. The van der Waals surface area contributed by atoms with E-state index in [1.807, 2.05) is 12.1 Å². The molecule has 0 aliphatic carbocycles. The number of imidazole rings is 1. The van der Waals surface area contributed by atoms with Crippen LogP contribution >= 0.6 is 15.9 Å². The molecule has 0 spiro atoms. The second-order valence-corrected chi connectivity index (χ2v) is 7.32. The molecule has 0 atom stereocenters. The molecule has 2 aromatic heterocycles. The SMILES string of the molecule is Brc1ccc2nc(-c3cc4ccccc4n3Cc3ccccc3)[nH]c2c1. The molecule has 126 valence electrons. The van der Waals surface area contributed by atoms with Gasteiger partial charge in [0.2, 0.25) is 0 Å². The fraction of sp³-hybridized carbons (Fsp3) is 0.0455. The quantitative estimate of drug-likeness (QED) is 0.395. The van der Waals surface area contributed by atoms with E-state index in [4.69, 9.17) is 4.98 Å². The number of fused-ring (bicyclic) bond motifs is 2. The third-order valence-corrected chi connectivity index (χ3v) is 5.17. The van der Waals surface area contributed by atoms with Crippen LogP contribution in [-0.4, -0.2) is 14.5 Å². The summed E-state index contributed by atoms with van der Waals surface area (Å²) in [6, 6.07) is 27.4. The van der Waals surface area contributed by atoms with Crippen LogP contribution in [0.15, 0.2) is 83.3 Å². The highest BCUT2D eigenvalue weighted by Gasteiger charge is 2.14. The second-order valence-electron chi connectivity index (χ2n) is 6.41. The zero-order chi connectivity index (χ0) is 17.5. The highest BCUT2D eigenvalue weighted by atomic mass is 79.9. The number of nitrogens with one attached hydrogen (secondary N) is 1. The average Bonchev–Trinajstić information content (AvgIpc) is 3.24. The molecule has 4 heteroatoms. The van der Waals surface area contributed by atoms with Crippen LogP contribution in [-0.2, 0) is 6.54 Å². The number of hydrogen-bond acceptors (Lipinski definition) is 1. The average molecular weight is 402 g/mol. The Bertz CT molecular complexity index is 1220. The molecule has 3 aromatic carbocycles. The van der Waals surface area contributed by atoms with Crippen LogP contribution in [0.1, 0.15) is 5.56 Å². The van der Waals surface area contributed by atoms with Gasteiger partial charge < -0.3 is 9.55 Å². The maximum Gasteiger partial charge on any atom is 0.155 e. The molecule has 0 saturated carbocycles. The largest absolute Gasteiger partial charge is 0.337 e. The van der Waals surface area contributed by atoms with Crippen molar-refractivity contribution in [3.8, 4) is 11.5 Å². The summed E-state index contributed by atoms with van der Waals surface area (Å²) >= 11 is 3.53. The molecule has 0 bridgehead atoms. The van der Waals surface area contributed by atoms with Crippen LogP contribution in [0.5, 0.6) is 0 Å². The van der Waals surface area contributed by atoms with Gasteiger partial charge in [0.1, 0.15) is 0 Å². The summed E-state index contributed by atoms with van der Waals surface area (Å²) in [4.78, 5) is 8.30. The van der Waals surface area contributed by atoms with Crippen molar-refractivity contribution in [1.29, 1.82) is 0 Å². The maximum absolute atomic E-state index is 4.82. The zero-order valence-corrected chi connectivity index (χ0v) is 15.6. The molecule has 0 radical (unpaired) electrons. The van der Waals surface area contributed by atoms with Crippen LogP contribution in [0.2, 0.25) is 0 Å². The lowest BCUT2D eigenvalue weighted by atomic mass is 10.2. The van der Waals surface area contributed by atoms with Gasteiger partial charge in [0, 0.05) is 21.9 Å². The number of hydrogen-bond donors (Lipinski definition) is 1. The molecule has 3 nitrogen and oxygen atoms in total. The Balaban J connectivity index is 1.72. The first-order valence-electron chi connectivity index (χ1n) is 8.56. The summed E-state index contributed by atoms with van der Waals surface area (Å²) in [5, 5.41) is 1.22. The zero-order valence-electron chi connectivity index (χ0n) is 14.0. The maximum atomic E-state index is 4.82. The molecule has 1 N–H and O–H groups in total. The van der Waals surface area contributed by atoms with Crippen LogP contribution < -0.4 is 0 Å². The van der Waals surface area contributed by atoms with Gasteiger partial charge in [0.05, 0.1) is 16.7 Å². The number of nitrogens with zero attached hydrogens (tertiary/aromatic N) is 2. The lowest BCUT2D eigenvalue weighted by molar-refractivity contribution is 0.839. The minimum Gasteiger partial charge on any atom is -0.337 e. The molecule has 5 aromatic rings. The third-order valence-electron chi connectivity index (χ3n) is 4.68. The monoisotopic (exact) mass is 401 g/mol. The van der Waals surface area contributed by atoms with E-state index in [9.17, 15) is 0 Å². The van der Waals surface area contributed by atoms with Gasteiger partial charge in [-0.15, -0.1) is 0 Å². The Morgan fingerprint density at radius 3 is 2.58 bits per heavy atom. The van der Waals surface area contributed by atoms with E-state index < -0.39 is 0 Å². The number of H-pyrrole nitrogens is 1. The van der Waals surface area contributed by atoms with Crippen molar-refractivity contribution in [2.75, 3.05) is 0 Å². The van der Waals surface area contributed by atoms with E-state index in [2.05, 4.69) is 92.2 Å². The molecule has 0 amide bonds. The van der Waals surface area contributed by atoms with Crippen molar-refractivity contribution in [2.45, 2.75) is 6.54 Å². The standard InChI is InChI=1S/C22H16BrN3/c23-17-10-11-18-19(13-17)25-22(24-18)21-12-16-8-4-5-9-20(16)26(21)14-15-6-2-1-3-7-15/h1-13H,14H2,(H,24,25). The summed E-state index contributed by atoms with van der Waals surface area (Å²) in [7, 11) is 0. The van der Waals surface area contributed by atoms with Gasteiger partial charge in [0.15, 0.2) is 5.82 Å². The van der Waals surface area contributed by atoms with E-state index >= 15 is 0 Å². The Labute approximate surface area is 159 Å². The Morgan fingerprint density at radius 1 is 0.885 bits per heavy atom. The molecule has 0 saturated heterocycles. The summed E-state index contributed by atoms with van der Waals surface area (Å²) in [6.45, 7) is 0.810. The number of halogens is 1. The van der Waals surface area contributed by atoms with Crippen molar-refractivity contribution < 1.29 is 0 Å². The van der Waals surface area contributed by atoms with Crippen LogP contribution in [0.3, 0.4) is 0 Å². The fourth-order valence-corrected chi connectivity index (χ4v) is 3.81. The molecule has 26 heavy (non-hydrogen) atoms. The van der Waals surface area contributed by atoms with Gasteiger partial charge in [-0.1, -0.05) is 64.5 Å². The van der Waals surface area contributed by atoms with Gasteiger partial charge in [-0.05, 0) is 35.9 Å². The molecule has 2 heterocycles. The molecule has 5 rings (SSSR count). The van der Waals surface area contributed by atoms with Crippen LogP contribution in [0, 0.1) is 0 Å². The first-order chi connectivity index (χ1) is 12.8. The topological polar surface area (TPSA) is 33.6 Å². The van der Waals surface area contributed by atoms with Crippen molar-refractivity contribution in [3.63, 3.8) is 0 Å². The summed E-state index contributed by atoms with van der Waals surface area (Å²) in [5.41, 5.74) is 5.59. The van der Waals surface area contributed by atoms with Gasteiger partial charge in [-0.2, -0.15) is 0 Å². The minimum absolute atomic E-state index is 0.810. The molecular formula is C22H16BrN3. The smallest absolute Gasteiger partial charge is 0.155 e. The van der Waals surface area contributed by atoms with Gasteiger partial charge in [0.25, 0.3) is 0 Å². The predicted molar refractivity (Wildman–Crippen MR) is 110 cm³/mol. The Hall–Kier alpha value is -2.85. The molecular weight excluding hydrogens is 386 g/mol. The van der Waals surface area contributed by atoms with Gasteiger partial charge in [-0.25, -0.2) is 4.98 Å². The summed E-state index contributed by atoms with van der Waals surface area (Å²) < 4.78 is 3.38. The van der Waals surface area contributed by atoms with E-state index in [0.717, 1.165) is 33.6 Å². The van der Waals surface area contributed by atoms with Crippen LogP contribution in [0.25, 0.3) is 33.5 Å². The van der Waals surface area contributed by atoms with Crippen molar-refractivity contribution in [2.24, 2.45) is 0 Å². The molecule has 0 fully saturated rings. The highest BCUT2D eigenvalue weighted by molar-refractivity contribution is 9.10. The number of aromatic nitrogens is 3. The predicted octanol–water partition coefficient (Wildman–Crippen LogP) is 6.00. The summed E-state index contributed by atoms with van der Waals surface area (Å²) in [5.74, 6) is 0.894.